The Morgan fingerprint density at radius 3 is 2.95 bits per heavy atom. The summed E-state index contributed by atoms with van der Waals surface area (Å²) in [6, 6.07) is 11.8. The molecule has 4 nitrogen and oxygen atoms in total. The van der Waals surface area contributed by atoms with Crippen LogP contribution in [0.1, 0.15) is 24.3 Å². The van der Waals surface area contributed by atoms with Crippen molar-refractivity contribution in [2.45, 2.75) is 19.4 Å². The molecule has 100 valence electrons. The Hall–Kier alpha value is -2.32. The minimum absolute atomic E-state index is 0.149. The summed E-state index contributed by atoms with van der Waals surface area (Å²) in [6.07, 6.45) is 2.43. The smallest absolute Gasteiger partial charge is 0.178 e. The maximum absolute atomic E-state index is 9.15. The van der Waals surface area contributed by atoms with E-state index in [1.54, 1.807) is 12.3 Å². The average Bonchev–Trinajstić information content (AvgIpc) is 3.04. The van der Waals surface area contributed by atoms with Crippen LogP contribution in [0, 0.1) is 16.1 Å². The van der Waals surface area contributed by atoms with Crippen molar-refractivity contribution < 1.29 is 4.42 Å². The number of aromatic nitrogens is 2. The highest BCUT2D eigenvalue weighted by Crippen LogP contribution is 2.24. The second kappa shape index (κ2) is 4.99. The number of aromatic amines is 1. The number of H-pyrrole nitrogens is 1. The SMILES string of the molecule is CC(Cc1ccco1)n1c(=S)[nH]c2c(C#N)cccc21. The molecule has 0 aliphatic rings. The number of hydrogen-bond donors (Lipinski definition) is 1. The molecule has 0 aliphatic carbocycles. The lowest BCUT2D eigenvalue weighted by Gasteiger charge is -2.13. The number of nitrogens with one attached hydrogen (secondary N) is 1. The summed E-state index contributed by atoms with van der Waals surface area (Å²) in [5.74, 6) is 0.921. The molecule has 1 N–H and O–H groups in total. The highest BCUT2D eigenvalue weighted by Gasteiger charge is 2.14. The Kier molecular flexibility index (Phi) is 3.17. The second-order valence-electron chi connectivity index (χ2n) is 4.74. The molecule has 0 bridgehead atoms. The molecule has 0 radical (unpaired) electrons. The van der Waals surface area contributed by atoms with Gasteiger partial charge >= 0.3 is 0 Å². The number of benzene rings is 1. The first-order valence-corrected chi connectivity index (χ1v) is 6.77. The van der Waals surface area contributed by atoms with Crippen LogP contribution in [0.25, 0.3) is 11.0 Å². The summed E-state index contributed by atoms with van der Waals surface area (Å²) in [6.45, 7) is 2.09. The molecule has 0 saturated heterocycles. The van der Waals surface area contributed by atoms with Gasteiger partial charge < -0.3 is 14.0 Å². The number of rotatable bonds is 3. The van der Waals surface area contributed by atoms with E-state index in [-0.39, 0.29) is 6.04 Å². The fraction of sp³-hybridized carbons (Fsp3) is 0.200. The zero-order valence-corrected chi connectivity index (χ0v) is 11.8. The standard InChI is InChI=1S/C15H13N3OS/c1-10(8-12-5-3-7-19-12)18-13-6-2-4-11(9-16)14(13)17-15(18)20/h2-7,10H,8H2,1H3,(H,17,20). The van der Waals surface area contributed by atoms with Crippen molar-refractivity contribution >= 4 is 23.3 Å². The largest absolute Gasteiger partial charge is 0.469 e. The van der Waals surface area contributed by atoms with Crippen molar-refractivity contribution in [1.29, 1.82) is 5.26 Å². The van der Waals surface area contributed by atoms with E-state index >= 15 is 0 Å². The first kappa shape index (κ1) is 12.7. The van der Waals surface area contributed by atoms with Gasteiger partial charge in [0.25, 0.3) is 0 Å². The van der Waals surface area contributed by atoms with Gasteiger partial charge in [-0.1, -0.05) is 6.07 Å². The topological polar surface area (TPSA) is 57.6 Å². The first-order valence-electron chi connectivity index (χ1n) is 6.36. The van der Waals surface area contributed by atoms with Crippen molar-refractivity contribution in [2.75, 3.05) is 0 Å². The summed E-state index contributed by atoms with van der Waals surface area (Å²) < 4.78 is 8.05. The third-order valence-corrected chi connectivity index (χ3v) is 3.69. The van der Waals surface area contributed by atoms with Crippen molar-refractivity contribution in [1.82, 2.24) is 9.55 Å². The summed E-state index contributed by atoms with van der Waals surface area (Å²) in [5, 5.41) is 9.15. The molecule has 2 heterocycles. The Morgan fingerprint density at radius 2 is 2.25 bits per heavy atom. The van der Waals surface area contributed by atoms with E-state index in [9.17, 15) is 0 Å². The number of nitrogens with zero attached hydrogens (tertiary/aromatic N) is 2. The van der Waals surface area contributed by atoms with Crippen LogP contribution in [0.3, 0.4) is 0 Å². The molecule has 5 heteroatoms. The van der Waals surface area contributed by atoms with Crippen molar-refractivity contribution in [3.8, 4) is 6.07 Å². The van der Waals surface area contributed by atoms with Crippen LogP contribution in [0.4, 0.5) is 0 Å². The van der Waals surface area contributed by atoms with Crippen LogP contribution < -0.4 is 0 Å². The predicted molar refractivity (Wildman–Crippen MR) is 79.0 cm³/mol. The Bertz CT molecular complexity index is 836. The summed E-state index contributed by atoms with van der Waals surface area (Å²) in [7, 11) is 0. The molecule has 2 aromatic heterocycles. The van der Waals surface area contributed by atoms with Crippen LogP contribution in [-0.4, -0.2) is 9.55 Å². The zero-order valence-electron chi connectivity index (χ0n) is 11.0. The zero-order chi connectivity index (χ0) is 14.1. The van der Waals surface area contributed by atoms with Gasteiger partial charge in [-0.25, -0.2) is 0 Å². The van der Waals surface area contributed by atoms with Crippen molar-refractivity contribution in [3.63, 3.8) is 0 Å². The number of nitriles is 1. The van der Waals surface area contributed by atoms with Gasteiger partial charge in [-0.3, -0.25) is 0 Å². The van der Waals surface area contributed by atoms with Gasteiger partial charge in [-0.05, 0) is 43.4 Å². The maximum Gasteiger partial charge on any atom is 0.178 e. The first-order chi connectivity index (χ1) is 9.70. The number of para-hydroxylation sites is 1. The van der Waals surface area contributed by atoms with E-state index in [1.165, 1.54) is 0 Å². The minimum Gasteiger partial charge on any atom is -0.469 e. The van der Waals surface area contributed by atoms with E-state index in [0.29, 0.717) is 10.3 Å². The summed E-state index contributed by atoms with van der Waals surface area (Å²) in [5.41, 5.74) is 2.36. The molecule has 0 amide bonds. The van der Waals surface area contributed by atoms with E-state index in [0.717, 1.165) is 23.2 Å². The Morgan fingerprint density at radius 1 is 1.40 bits per heavy atom. The molecule has 0 spiro atoms. The van der Waals surface area contributed by atoms with Crippen LogP contribution in [0.2, 0.25) is 0 Å². The van der Waals surface area contributed by atoms with Gasteiger partial charge in [0.15, 0.2) is 4.77 Å². The third-order valence-electron chi connectivity index (χ3n) is 3.39. The fourth-order valence-corrected chi connectivity index (χ4v) is 2.87. The Balaban J connectivity index is 2.10. The summed E-state index contributed by atoms with van der Waals surface area (Å²) in [4.78, 5) is 3.13. The molecule has 1 unspecified atom stereocenters. The number of fused-ring (bicyclic) bond motifs is 1. The number of imidazole rings is 1. The molecule has 20 heavy (non-hydrogen) atoms. The second-order valence-corrected chi connectivity index (χ2v) is 5.13. The quantitative estimate of drug-likeness (QED) is 0.740. The Labute approximate surface area is 121 Å². The van der Waals surface area contributed by atoms with E-state index < -0.39 is 0 Å². The molecule has 0 aliphatic heterocycles. The minimum atomic E-state index is 0.149. The fourth-order valence-electron chi connectivity index (χ4n) is 2.49. The molecule has 3 aromatic rings. The molecule has 3 rings (SSSR count). The monoisotopic (exact) mass is 283 g/mol. The van der Waals surface area contributed by atoms with Gasteiger partial charge in [0.05, 0.1) is 22.9 Å². The summed E-state index contributed by atoms with van der Waals surface area (Å²) >= 11 is 5.40. The van der Waals surface area contributed by atoms with Gasteiger partial charge in [0.2, 0.25) is 0 Å². The van der Waals surface area contributed by atoms with Crippen LogP contribution in [0.15, 0.2) is 41.0 Å². The van der Waals surface area contributed by atoms with E-state index in [4.69, 9.17) is 21.9 Å². The van der Waals surface area contributed by atoms with Gasteiger partial charge in [0, 0.05) is 12.5 Å². The van der Waals surface area contributed by atoms with Crippen molar-refractivity contribution in [3.05, 3.63) is 52.7 Å². The molecule has 1 aromatic carbocycles. The molecule has 1 atom stereocenters. The third kappa shape index (κ3) is 2.04. The molecule has 0 fully saturated rings. The number of hydrogen-bond acceptors (Lipinski definition) is 3. The average molecular weight is 283 g/mol. The lowest BCUT2D eigenvalue weighted by molar-refractivity contribution is 0.452. The van der Waals surface area contributed by atoms with Gasteiger partial charge in [0.1, 0.15) is 11.8 Å². The van der Waals surface area contributed by atoms with Crippen LogP contribution >= 0.6 is 12.2 Å². The lowest BCUT2D eigenvalue weighted by Crippen LogP contribution is -2.07. The maximum atomic E-state index is 9.15. The molecule has 0 saturated carbocycles. The van der Waals surface area contributed by atoms with Crippen LogP contribution in [0.5, 0.6) is 0 Å². The number of furan rings is 1. The van der Waals surface area contributed by atoms with E-state index in [1.807, 2.05) is 28.8 Å². The van der Waals surface area contributed by atoms with Crippen LogP contribution in [-0.2, 0) is 6.42 Å². The van der Waals surface area contributed by atoms with E-state index in [2.05, 4.69) is 18.0 Å². The molecular weight excluding hydrogens is 270 g/mol. The lowest BCUT2D eigenvalue weighted by atomic mass is 10.1. The predicted octanol–water partition coefficient (Wildman–Crippen LogP) is 3.97. The van der Waals surface area contributed by atoms with Gasteiger partial charge in [-0.15, -0.1) is 0 Å². The normalized spacial score (nSPS) is 12.4. The van der Waals surface area contributed by atoms with Gasteiger partial charge in [-0.2, -0.15) is 5.26 Å². The van der Waals surface area contributed by atoms with Crippen molar-refractivity contribution in [2.24, 2.45) is 0 Å². The highest BCUT2D eigenvalue weighted by molar-refractivity contribution is 7.71. The highest BCUT2D eigenvalue weighted by atomic mass is 32.1. The molecular formula is C15H13N3OS.